The first-order valence-corrected chi connectivity index (χ1v) is 4.39. The summed E-state index contributed by atoms with van der Waals surface area (Å²) in [5, 5.41) is 4.16. The average molecular weight is 188 g/mol. The van der Waals surface area contributed by atoms with Crippen LogP contribution in [0.5, 0.6) is 0 Å². The van der Waals surface area contributed by atoms with Gasteiger partial charge in [-0.15, -0.1) is 0 Å². The molecule has 2 heterocycles. The molecule has 0 aliphatic carbocycles. The molecule has 14 heavy (non-hydrogen) atoms. The number of nitrogens with two attached hydrogens (primary N) is 1. The first-order chi connectivity index (χ1) is 6.68. The van der Waals surface area contributed by atoms with Crippen molar-refractivity contribution in [1.29, 1.82) is 0 Å². The van der Waals surface area contributed by atoms with Crippen molar-refractivity contribution in [3.8, 4) is 11.4 Å². The SMILES string of the molecule is Cc1cnn(C)c1-c1ccc(N)cn1. The van der Waals surface area contributed by atoms with Gasteiger partial charge in [0.1, 0.15) is 0 Å². The molecule has 2 N–H and O–H groups in total. The average Bonchev–Trinajstić information content (AvgIpc) is 2.49. The van der Waals surface area contributed by atoms with Gasteiger partial charge in [-0.1, -0.05) is 0 Å². The van der Waals surface area contributed by atoms with Crippen molar-refractivity contribution in [3.63, 3.8) is 0 Å². The van der Waals surface area contributed by atoms with E-state index in [0.717, 1.165) is 17.0 Å². The van der Waals surface area contributed by atoms with Gasteiger partial charge in [0.05, 0.1) is 29.5 Å². The van der Waals surface area contributed by atoms with Gasteiger partial charge >= 0.3 is 0 Å². The molecule has 0 aliphatic rings. The predicted molar refractivity (Wildman–Crippen MR) is 55.6 cm³/mol. The molecule has 2 aromatic rings. The molecule has 2 aromatic heterocycles. The highest BCUT2D eigenvalue weighted by Gasteiger charge is 2.07. The maximum Gasteiger partial charge on any atom is 0.0892 e. The summed E-state index contributed by atoms with van der Waals surface area (Å²) in [5.74, 6) is 0. The van der Waals surface area contributed by atoms with Crippen molar-refractivity contribution in [1.82, 2.24) is 14.8 Å². The smallest absolute Gasteiger partial charge is 0.0892 e. The quantitative estimate of drug-likeness (QED) is 0.735. The van der Waals surface area contributed by atoms with Crippen LogP contribution in [0.2, 0.25) is 0 Å². The highest BCUT2D eigenvalue weighted by atomic mass is 15.3. The van der Waals surface area contributed by atoms with Crippen LogP contribution in [0.1, 0.15) is 5.56 Å². The Kier molecular flexibility index (Phi) is 1.96. The zero-order valence-corrected chi connectivity index (χ0v) is 8.23. The van der Waals surface area contributed by atoms with E-state index in [4.69, 9.17) is 5.73 Å². The van der Waals surface area contributed by atoms with Gasteiger partial charge in [-0.05, 0) is 24.6 Å². The maximum atomic E-state index is 5.57. The molecule has 0 amide bonds. The number of aromatic nitrogens is 3. The molecular weight excluding hydrogens is 176 g/mol. The van der Waals surface area contributed by atoms with E-state index in [1.165, 1.54) is 0 Å². The summed E-state index contributed by atoms with van der Waals surface area (Å²) in [6, 6.07) is 3.74. The molecule has 0 bridgehead atoms. The summed E-state index contributed by atoms with van der Waals surface area (Å²) in [4.78, 5) is 4.26. The number of hydrogen-bond acceptors (Lipinski definition) is 3. The van der Waals surface area contributed by atoms with E-state index in [0.29, 0.717) is 5.69 Å². The lowest BCUT2D eigenvalue weighted by Gasteiger charge is -2.02. The molecule has 0 aromatic carbocycles. The highest BCUT2D eigenvalue weighted by molar-refractivity contribution is 5.60. The molecule has 0 aliphatic heterocycles. The molecule has 0 saturated heterocycles. The second-order valence-electron chi connectivity index (χ2n) is 3.28. The second-order valence-corrected chi connectivity index (χ2v) is 3.28. The Balaban J connectivity index is 2.54. The van der Waals surface area contributed by atoms with Gasteiger partial charge in [0.25, 0.3) is 0 Å². The number of rotatable bonds is 1. The largest absolute Gasteiger partial charge is 0.397 e. The van der Waals surface area contributed by atoms with Crippen molar-refractivity contribution in [2.75, 3.05) is 5.73 Å². The molecule has 0 saturated carbocycles. The number of aryl methyl sites for hydroxylation is 2. The van der Waals surface area contributed by atoms with Gasteiger partial charge in [-0.2, -0.15) is 5.10 Å². The molecule has 4 heteroatoms. The number of nitrogens with zero attached hydrogens (tertiary/aromatic N) is 3. The monoisotopic (exact) mass is 188 g/mol. The van der Waals surface area contributed by atoms with Gasteiger partial charge in [-0.25, -0.2) is 0 Å². The number of hydrogen-bond donors (Lipinski definition) is 1. The standard InChI is InChI=1S/C10H12N4/c1-7-5-13-14(2)10(7)9-4-3-8(11)6-12-9/h3-6H,11H2,1-2H3. The second kappa shape index (κ2) is 3.14. The summed E-state index contributed by atoms with van der Waals surface area (Å²) in [6.45, 7) is 2.01. The zero-order valence-electron chi connectivity index (χ0n) is 8.23. The summed E-state index contributed by atoms with van der Waals surface area (Å²) in [7, 11) is 1.90. The zero-order chi connectivity index (χ0) is 10.1. The lowest BCUT2D eigenvalue weighted by Crippen LogP contribution is -1.96. The third-order valence-corrected chi connectivity index (χ3v) is 2.15. The predicted octanol–water partition coefficient (Wildman–Crippen LogP) is 1.37. The van der Waals surface area contributed by atoms with Crippen molar-refractivity contribution in [2.24, 2.45) is 7.05 Å². The minimum Gasteiger partial charge on any atom is -0.397 e. The molecule has 0 fully saturated rings. The Bertz CT molecular complexity index is 422. The third-order valence-electron chi connectivity index (χ3n) is 2.15. The number of nitrogen functional groups attached to an aromatic ring is 1. The highest BCUT2D eigenvalue weighted by Crippen LogP contribution is 2.20. The van der Waals surface area contributed by atoms with Gasteiger partial charge in [-0.3, -0.25) is 9.67 Å². The fourth-order valence-corrected chi connectivity index (χ4v) is 1.46. The third kappa shape index (κ3) is 1.35. The Morgan fingerprint density at radius 1 is 1.29 bits per heavy atom. The van der Waals surface area contributed by atoms with E-state index in [1.54, 1.807) is 6.20 Å². The molecule has 4 nitrogen and oxygen atoms in total. The van der Waals surface area contributed by atoms with Crippen LogP contribution in [0.25, 0.3) is 11.4 Å². The van der Waals surface area contributed by atoms with E-state index in [-0.39, 0.29) is 0 Å². The van der Waals surface area contributed by atoms with Crippen LogP contribution in [0.3, 0.4) is 0 Å². The Morgan fingerprint density at radius 2 is 2.07 bits per heavy atom. The van der Waals surface area contributed by atoms with Crippen molar-refractivity contribution in [2.45, 2.75) is 6.92 Å². The van der Waals surface area contributed by atoms with E-state index in [1.807, 2.05) is 37.0 Å². The number of pyridine rings is 1. The van der Waals surface area contributed by atoms with Gasteiger partial charge in [0.15, 0.2) is 0 Å². The minimum absolute atomic E-state index is 0.675. The fraction of sp³-hybridized carbons (Fsp3) is 0.200. The van der Waals surface area contributed by atoms with Crippen LogP contribution in [-0.4, -0.2) is 14.8 Å². The molecule has 0 spiro atoms. The lowest BCUT2D eigenvalue weighted by molar-refractivity contribution is 0.773. The molecule has 0 atom stereocenters. The molecular formula is C10H12N4. The summed E-state index contributed by atoms with van der Waals surface area (Å²) in [6.07, 6.45) is 3.48. The fourth-order valence-electron chi connectivity index (χ4n) is 1.46. The van der Waals surface area contributed by atoms with E-state index in [9.17, 15) is 0 Å². The number of anilines is 1. The van der Waals surface area contributed by atoms with Gasteiger partial charge in [0.2, 0.25) is 0 Å². The van der Waals surface area contributed by atoms with Crippen LogP contribution in [0, 0.1) is 6.92 Å². The Morgan fingerprint density at radius 3 is 2.57 bits per heavy atom. The normalized spacial score (nSPS) is 10.4. The van der Waals surface area contributed by atoms with Crippen LogP contribution in [-0.2, 0) is 7.05 Å². The van der Waals surface area contributed by atoms with E-state index in [2.05, 4.69) is 10.1 Å². The van der Waals surface area contributed by atoms with E-state index >= 15 is 0 Å². The van der Waals surface area contributed by atoms with Crippen molar-refractivity contribution < 1.29 is 0 Å². The van der Waals surface area contributed by atoms with E-state index < -0.39 is 0 Å². The molecule has 0 unspecified atom stereocenters. The van der Waals surface area contributed by atoms with Crippen LogP contribution in [0.4, 0.5) is 5.69 Å². The van der Waals surface area contributed by atoms with Crippen LogP contribution in [0.15, 0.2) is 24.5 Å². The van der Waals surface area contributed by atoms with Gasteiger partial charge in [0, 0.05) is 7.05 Å². The lowest BCUT2D eigenvalue weighted by atomic mass is 10.2. The summed E-state index contributed by atoms with van der Waals surface area (Å²) < 4.78 is 1.81. The molecule has 2 rings (SSSR count). The minimum atomic E-state index is 0.675. The van der Waals surface area contributed by atoms with Crippen LogP contribution < -0.4 is 5.73 Å². The summed E-state index contributed by atoms with van der Waals surface area (Å²) >= 11 is 0. The first-order valence-electron chi connectivity index (χ1n) is 4.39. The maximum absolute atomic E-state index is 5.57. The van der Waals surface area contributed by atoms with Crippen molar-refractivity contribution >= 4 is 5.69 Å². The molecule has 72 valence electrons. The first kappa shape index (κ1) is 8.74. The van der Waals surface area contributed by atoms with Crippen molar-refractivity contribution in [3.05, 3.63) is 30.1 Å². The summed E-state index contributed by atoms with van der Waals surface area (Å²) in [5.41, 5.74) is 9.29. The van der Waals surface area contributed by atoms with Crippen LogP contribution >= 0.6 is 0 Å². The Hall–Kier alpha value is -1.84. The topological polar surface area (TPSA) is 56.7 Å². The Labute approximate surface area is 82.4 Å². The molecule has 0 radical (unpaired) electrons. The van der Waals surface area contributed by atoms with Gasteiger partial charge < -0.3 is 5.73 Å².